The number of halogens is 2. The van der Waals surface area contributed by atoms with Crippen molar-refractivity contribution in [1.82, 2.24) is 15.2 Å². The zero-order chi connectivity index (χ0) is 19.0. The zero-order valence-electron chi connectivity index (χ0n) is 15.4. The first kappa shape index (κ1) is 17.8. The van der Waals surface area contributed by atoms with Crippen LogP contribution in [0.3, 0.4) is 0 Å². The molecule has 1 aliphatic rings. The van der Waals surface area contributed by atoms with Crippen molar-refractivity contribution in [3.63, 3.8) is 0 Å². The maximum Gasteiger partial charge on any atom is 0.180 e. The van der Waals surface area contributed by atoms with E-state index in [1.807, 2.05) is 0 Å². The van der Waals surface area contributed by atoms with Gasteiger partial charge >= 0.3 is 0 Å². The van der Waals surface area contributed by atoms with E-state index < -0.39 is 17.0 Å². The summed E-state index contributed by atoms with van der Waals surface area (Å²) in [6.45, 7) is 4.20. The molecule has 0 bridgehead atoms. The van der Waals surface area contributed by atoms with Gasteiger partial charge in [-0.15, -0.1) is 5.10 Å². The lowest BCUT2D eigenvalue weighted by atomic mass is 9.66. The molecule has 0 fully saturated rings. The van der Waals surface area contributed by atoms with Crippen LogP contribution in [0, 0.1) is 11.6 Å². The van der Waals surface area contributed by atoms with Gasteiger partial charge in [0.25, 0.3) is 0 Å². The van der Waals surface area contributed by atoms with Crippen LogP contribution in [0.2, 0.25) is 0 Å². The summed E-state index contributed by atoms with van der Waals surface area (Å²) < 4.78 is 34.2. The van der Waals surface area contributed by atoms with Crippen LogP contribution >= 0.6 is 0 Å². The minimum Gasteiger partial charge on any atom is -0.448 e. The van der Waals surface area contributed by atoms with E-state index in [0.717, 1.165) is 42.7 Å². The molecule has 0 unspecified atom stereocenters. The average molecular weight is 369 g/mol. The molecule has 0 radical (unpaired) electrons. The molecule has 3 aromatic rings. The highest BCUT2D eigenvalue weighted by Gasteiger charge is 2.44. The molecular formula is C21H21F2N3O. The van der Waals surface area contributed by atoms with Crippen LogP contribution in [0.4, 0.5) is 8.78 Å². The zero-order valence-corrected chi connectivity index (χ0v) is 15.4. The molecule has 4 nitrogen and oxygen atoms in total. The molecule has 0 N–H and O–H groups in total. The molecule has 2 aromatic heterocycles. The number of benzene rings is 1. The van der Waals surface area contributed by atoms with Crippen molar-refractivity contribution in [3.05, 3.63) is 65.5 Å². The third-order valence-corrected chi connectivity index (χ3v) is 5.86. The van der Waals surface area contributed by atoms with E-state index in [1.165, 1.54) is 24.6 Å². The van der Waals surface area contributed by atoms with Crippen molar-refractivity contribution in [1.29, 1.82) is 0 Å². The van der Waals surface area contributed by atoms with E-state index in [9.17, 15) is 8.78 Å². The molecule has 0 saturated carbocycles. The standard InChI is InChI=1S/C21H21F2N3O/c1-3-13-8-9-21(4-2,18-11-24-12-27-18)20-14(13)10-17(25-26-20)19-15(22)6-5-7-16(19)23/h5-7,10-13H,3-4,8-9H2,1-2H3/t13-,21+/m0/s1. The Bertz CT molecular complexity index is 938. The summed E-state index contributed by atoms with van der Waals surface area (Å²) in [6, 6.07) is 5.63. The molecule has 6 heteroatoms. The fraction of sp³-hybridized carbons (Fsp3) is 0.381. The Hall–Kier alpha value is -2.63. The monoisotopic (exact) mass is 369 g/mol. The highest BCUT2D eigenvalue weighted by atomic mass is 19.1. The van der Waals surface area contributed by atoms with E-state index in [4.69, 9.17) is 4.42 Å². The SMILES string of the molecule is CC[C@H]1CC[C@](CC)(c2cnco2)c2nnc(-c3c(F)cccc3F)cc21. The maximum absolute atomic E-state index is 14.3. The molecule has 2 atom stereocenters. The molecule has 140 valence electrons. The quantitative estimate of drug-likeness (QED) is 0.618. The van der Waals surface area contributed by atoms with Crippen LogP contribution in [0.25, 0.3) is 11.3 Å². The summed E-state index contributed by atoms with van der Waals surface area (Å²) in [5.74, 6) is -0.234. The fourth-order valence-corrected chi connectivity index (χ4v) is 4.28. The summed E-state index contributed by atoms with van der Waals surface area (Å²) in [7, 11) is 0. The number of fused-ring (bicyclic) bond motifs is 1. The van der Waals surface area contributed by atoms with Crippen LogP contribution in [-0.4, -0.2) is 15.2 Å². The fourth-order valence-electron chi connectivity index (χ4n) is 4.28. The second kappa shape index (κ2) is 6.83. The number of nitrogens with zero attached hydrogens (tertiary/aromatic N) is 3. The lowest BCUT2D eigenvalue weighted by Gasteiger charge is -2.38. The molecule has 4 rings (SSSR count). The highest BCUT2D eigenvalue weighted by Crippen LogP contribution is 2.49. The Morgan fingerprint density at radius 3 is 2.59 bits per heavy atom. The first-order valence-corrected chi connectivity index (χ1v) is 9.32. The number of aromatic nitrogens is 3. The Morgan fingerprint density at radius 2 is 1.96 bits per heavy atom. The van der Waals surface area contributed by atoms with Crippen LogP contribution in [0.5, 0.6) is 0 Å². The van der Waals surface area contributed by atoms with Crippen molar-refractivity contribution in [2.24, 2.45) is 0 Å². The van der Waals surface area contributed by atoms with Crippen LogP contribution in [0.15, 0.2) is 41.3 Å². The summed E-state index contributed by atoms with van der Waals surface area (Å²) in [6.07, 6.45) is 6.69. The smallest absolute Gasteiger partial charge is 0.180 e. The van der Waals surface area contributed by atoms with E-state index in [-0.39, 0.29) is 17.2 Å². The summed E-state index contributed by atoms with van der Waals surface area (Å²) >= 11 is 0. The Labute approximate surface area is 156 Å². The van der Waals surface area contributed by atoms with Gasteiger partial charge in [-0.3, -0.25) is 0 Å². The van der Waals surface area contributed by atoms with Gasteiger partial charge < -0.3 is 4.42 Å². The van der Waals surface area contributed by atoms with Crippen molar-refractivity contribution in [2.45, 2.75) is 50.9 Å². The lowest BCUT2D eigenvalue weighted by Crippen LogP contribution is -2.34. The minimum atomic E-state index is -0.634. The van der Waals surface area contributed by atoms with Gasteiger partial charge in [0, 0.05) is 0 Å². The van der Waals surface area contributed by atoms with Gasteiger partial charge in [0.15, 0.2) is 6.39 Å². The first-order chi connectivity index (χ1) is 13.1. The van der Waals surface area contributed by atoms with Crippen LogP contribution in [0.1, 0.15) is 62.5 Å². The molecule has 0 aliphatic heterocycles. The van der Waals surface area contributed by atoms with Gasteiger partial charge in [-0.05, 0) is 55.4 Å². The molecular weight excluding hydrogens is 348 g/mol. The molecule has 0 amide bonds. The number of hydrogen-bond donors (Lipinski definition) is 0. The van der Waals surface area contributed by atoms with E-state index in [0.29, 0.717) is 0 Å². The van der Waals surface area contributed by atoms with E-state index in [1.54, 1.807) is 12.3 Å². The predicted octanol–water partition coefficient (Wildman–Crippen LogP) is 5.39. The number of oxazole rings is 1. The van der Waals surface area contributed by atoms with Gasteiger partial charge in [-0.25, -0.2) is 13.8 Å². The highest BCUT2D eigenvalue weighted by molar-refractivity contribution is 5.62. The maximum atomic E-state index is 14.3. The predicted molar refractivity (Wildman–Crippen MR) is 97.2 cm³/mol. The van der Waals surface area contributed by atoms with E-state index in [2.05, 4.69) is 29.0 Å². The minimum absolute atomic E-state index is 0.130. The molecule has 1 aliphatic carbocycles. The summed E-state index contributed by atoms with van der Waals surface area (Å²) in [4.78, 5) is 4.08. The van der Waals surface area contributed by atoms with Gasteiger partial charge in [0.1, 0.15) is 17.4 Å². The van der Waals surface area contributed by atoms with Crippen molar-refractivity contribution >= 4 is 0 Å². The van der Waals surface area contributed by atoms with Crippen LogP contribution in [-0.2, 0) is 5.41 Å². The van der Waals surface area contributed by atoms with Gasteiger partial charge in [0.2, 0.25) is 0 Å². The second-order valence-electron chi connectivity index (χ2n) is 7.08. The Balaban J connectivity index is 1.92. The van der Waals surface area contributed by atoms with Gasteiger partial charge in [-0.2, -0.15) is 5.10 Å². The Kier molecular flexibility index (Phi) is 4.50. The van der Waals surface area contributed by atoms with E-state index >= 15 is 0 Å². The van der Waals surface area contributed by atoms with Crippen molar-refractivity contribution in [3.8, 4) is 11.3 Å². The molecule has 1 aromatic carbocycles. The number of rotatable bonds is 4. The second-order valence-corrected chi connectivity index (χ2v) is 7.08. The third-order valence-electron chi connectivity index (χ3n) is 5.86. The van der Waals surface area contributed by atoms with Crippen LogP contribution < -0.4 is 0 Å². The third kappa shape index (κ3) is 2.74. The largest absolute Gasteiger partial charge is 0.448 e. The molecule has 0 saturated heterocycles. The normalized spacial score (nSPS) is 21.9. The topological polar surface area (TPSA) is 51.8 Å². The van der Waals surface area contributed by atoms with Gasteiger partial charge in [0.05, 0.1) is 28.6 Å². The molecule has 0 spiro atoms. The number of hydrogen-bond acceptors (Lipinski definition) is 4. The first-order valence-electron chi connectivity index (χ1n) is 9.32. The summed E-state index contributed by atoms with van der Waals surface area (Å²) in [5, 5.41) is 8.70. The van der Waals surface area contributed by atoms with Gasteiger partial charge in [-0.1, -0.05) is 19.9 Å². The molecule has 27 heavy (non-hydrogen) atoms. The Morgan fingerprint density at radius 1 is 1.19 bits per heavy atom. The van der Waals surface area contributed by atoms with Crippen molar-refractivity contribution in [2.75, 3.05) is 0 Å². The average Bonchev–Trinajstić information content (AvgIpc) is 3.22. The summed E-state index contributed by atoms with van der Waals surface area (Å²) in [5.41, 5.74) is 1.52. The lowest BCUT2D eigenvalue weighted by molar-refractivity contribution is 0.302. The van der Waals surface area contributed by atoms with Crippen molar-refractivity contribution < 1.29 is 13.2 Å². The molecule has 2 heterocycles.